The van der Waals surface area contributed by atoms with Gasteiger partial charge in [-0.15, -0.1) is 11.3 Å². The Morgan fingerprint density at radius 2 is 2.00 bits per heavy atom. The maximum Gasteiger partial charge on any atom is 0.227 e. The van der Waals surface area contributed by atoms with Crippen LogP contribution in [0.1, 0.15) is 10.4 Å². The Bertz CT molecular complexity index is 520. The molecule has 0 bridgehead atoms. The van der Waals surface area contributed by atoms with Gasteiger partial charge in [-0.25, -0.2) is 0 Å². The number of hydrogen-bond donors (Lipinski definition) is 0. The van der Waals surface area contributed by atoms with Crippen LogP contribution < -0.4 is 4.74 Å². The van der Waals surface area contributed by atoms with Crippen molar-refractivity contribution in [1.82, 2.24) is 4.90 Å². The third kappa shape index (κ3) is 3.83. The van der Waals surface area contributed by atoms with Gasteiger partial charge in [-0.3, -0.25) is 4.79 Å². The average Bonchev–Trinajstić information content (AvgIpc) is 2.92. The van der Waals surface area contributed by atoms with Crippen LogP contribution in [0.15, 0.2) is 41.8 Å². The molecule has 0 aliphatic heterocycles. The van der Waals surface area contributed by atoms with Crippen LogP contribution in [0.4, 0.5) is 0 Å². The quantitative estimate of drug-likeness (QED) is 0.839. The lowest BCUT2D eigenvalue weighted by Crippen LogP contribution is -2.27. The second-order valence-electron chi connectivity index (χ2n) is 4.35. The normalized spacial score (nSPS) is 10.2. The lowest BCUT2D eigenvalue weighted by molar-refractivity contribution is -0.129. The SMILES string of the molecule is COc1ccc(CC(=O)N(C)Cc2cccs2)cc1. The highest BCUT2D eigenvalue weighted by atomic mass is 32.1. The van der Waals surface area contributed by atoms with Crippen molar-refractivity contribution in [1.29, 1.82) is 0 Å². The van der Waals surface area contributed by atoms with E-state index < -0.39 is 0 Å². The summed E-state index contributed by atoms with van der Waals surface area (Å²) in [5.74, 6) is 0.932. The van der Waals surface area contributed by atoms with Crippen LogP contribution >= 0.6 is 11.3 Å². The van der Waals surface area contributed by atoms with Gasteiger partial charge in [-0.2, -0.15) is 0 Å². The van der Waals surface area contributed by atoms with Crippen molar-refractivity contribution in [3.05, 3.63) is 52.2 Å². The minimum atomic E-state index is 0.124. The Morgan fingerprint density at radius 1 is 1.26 bits per heavy atom. The molecule has 0 N–H and O–H groups in total. The summed E-state index contributed by atoms with van der Waals surface area (Å²) in [6, 6.07) is 11.7. The Labute approximate surface area is 117 Å². The van der Waals surface area contributed by atoms with Gasteiger partial charge in [0.2, 0.25) is 5.91 Å². The van der Waals surface area contributed by atoms with Gasteiger partial charge < -0.3 is 9.64 Å². The first-order valence-corrected chi connectivity index (χ1v) is 6.96. The molecule has 0 fully saturated rings. The molecular formula is C15H17NO2S. The lowest BCUT2D eigenvalue weighted by Gasteiger charge is -2.16. The summed E-state index contributed by atoms with van der Waals surface area (Å²) in [6.07, 6.45) is 0.422. The summed E-state index contributed by atoms with van der Waals surface area (Å²) >= 11 is 1.67. The number of nitrogens with zero attached hydrogens (tertiary/aromatic N) is 1. The number of carbonyl (C=O) groups excluding carboxylic acids is 1. The number of thiophene rings is 1. The van der Waals surface area contributed by atoms with Gasteiger partial charge in [-0.1, -0.05) is 18.2 Å². The predicted molar refractivity (Wildman–Crippen MR) is 77.5 cm³/mol. The zero-order valence-electron chi connectivity index (χ0n) is 11.1. The zero-order valence-corrected chi connectivity index (χ0v) is 11.9. The van der Waals surface area contributed by atoms with E-state index >= 15 is 0 Å². The summed E-state index contributed by atoms with van der Waals surface area (Å²) in [5.41, 5.74) is 1.00. The summed E-state index contributed by atoms with van der Waals surface area (Å²) in [4.78, 5) is 15.1. The van der Waals surface area contributed by atoms with Crippen LogP contribution in [0.3, 0.4) is 0 Å². The van der Waals surface area contributed by atoms with Crippen molar-refractivity contribution >= 4 is 17.2 Å². The van der Waals surface area contributed by atoms with Gasteiger partial charge in [0.05, 0.1) is 20.1 Å². The third-order valence-electron chi connectivity index (χ3n) is 2.91. The molecule has 0 saturated carbocycles. The molecule has 0 aliphatic carbocycles. The fourth-order valence-electron chi connectivity index (χ4n) is 1.78. The standard InChI is InChI=1S/C15H17NO2S/c1-16(11-14-4-3-9-19-14)15(17)10-12-5-7-13(18-2)8-6-12/h3-9H,10-11H2,1-2H3. The number of carbonyl (C=O) groups is 1. The molecule has 0 saturated heterocycles. The first kappa shape index (κ1) is 13.6. The van der Waals surface area contributed by atoms with Crippen molar-refractivity contribution < 1.29 is 9.53 Å². The highest BCUT2D eigenvalue weighted by Gasteiger charge is 2.10. The second kappa shape index (κ2) is 6.38. The van der Waals surface area contributed by atoms with Crippen molar-refractivity contribution in [2.75, 3.05) is 14.2 Å². The number of hydrogen-bond acceptors (Lipinski definition) is 3. The van der Waals surface area contributed by atoms with Gasteiger partial charge in [0.1, 0.15) is 5.75 Å². The first-order valence-electron chi connectivity index (χ1n) is 6.08. The second-order valence-corrected chi connectivity index (χ2v) is 5.39. The van der Waals surface area contributed by atoms with E-state index in [0.717, 1.165) is 11.3 Å². The number of likely N-dealkylation sites (N-methyl/N-ethyl adjacent to an activating group) is 1. The summed E-state index contributed by atoms with van der Waals surface area (Å²) in [5, 5.41) is 2.02. The molecule has 100 valence electrons. The molecule has 0 aliphatic rings. The van der Waals surface area contributed by atoms with Crippen molar-refractivity contribution in [3.63, 3.8) is 0 Å². The molecule has 1 heterocycles. The van der Waals surface area contributed by atoms with Crippen LogP contribution in [0.25, 0.3) is 0 Å². The van der Waals surface area contributed by atoms with Crippen molar-refractivity contribution in [2.45, 2.75) is 13.0 Å². The maximum absolute atomic E-state index is 12.1. The molecule has 0 atom stereocenters. The Kier molecular flexibility index (Phi) is 4.58. The van der Waals surface area contributed by atoms with E-state index in [-0.39, 0.29) is 5.91 Å². The largest absolute Gasteiger partial charge is 0.497 e. The van der Waals surface area contributed by atoms with Crippen LogP contribution in [0.5, 0.6) is 5.75 Å². The van der Waals surface area contributed by atoms with E-state index in [9.17, 15) is 4.79 Å². The number of methoxy groups -OCH3 is 1. The minimum absolute atomic E-state index is 0.124. The Balaban J connectivity index is 1.92. The molecule has 19 heavy (non-hydrogen) atoms. The van der Waals surface area contributed by atoms with Crippen LogP contribution in [0, 0.1) is 0 Å². The van der Waals surface area contributed by atoms with Gasteiger partial charge in [0, 0.05) is 11.9 Å². The highest BCUT2D eigenvalue weighted by Crippen LogP contribution is 2.14. The molecular weight excluding hydrogens is 258 g/mol. The lowest BCUT2D eigenvalue weighted by atomic mass is 10.1. The number of amides is 1. The highest BCUT2D eigenvalue weighted by molar-refractivity contribution is 7.09. The van der Waals surface area contributed by atoms with Gasteiger partial charge in [-0.05, 0) is 29.1 Å². The predicted octanol–water partition coefficient (Wildman–Crippen LogP) is 2.96. The maximum atomic E-state index is 12.1. The monoisotopic (exact) mass is 275 g/mol. The smallest absolute Gasteiger partial charge is 0.227 e. The molecule has 1 aromatic carbocycles. The van der Waals surface area contributed by atoms with Gasteiger partial charge in [0.25, 0.3) is 0 Å². The summed E-state index contributed by atoms with van der Waals surface area (Å²) in [7, 11) is 3.47. The fourth-order valence-corrected chi connectivity index (χ4v) is 2.53. The summed E-state index contributed by atoms with van der Waals surface area (Å²) in [6.45, 7) is 0.673. The van der Waals surface area contributed by atoms with E-state index in [1.165, 1.54) is 4.88 Å². The molecule has 0 spiro atoms. The molecule has 0 unspecified atom stereocenters. The number of rotatable bonds is 5. The van der Waals surface area contributed by atoms with Crippen molar-refractivity contribution in [3.8, 4) is 5.75 Å². The van der Waals surface area contributed by atoms with Crippen LogP contribution in [0.2, 0.25) is 0 Å². The van der Waals surface area contributed by atoms with Crippen molar-refractivity contribution in [2.24, 2.45) is 0 Å². The van der Waals surface area contributed by atoms with Gasteiger partial charge in [0.15, 0.2) is 0 Å². The third-order valence-corrected chi connectivity index (χ3v) is 3.77. The zero-order chi connectivity index (χ0) is 13.7. The number of ether oxygens (including phenoxy) is 1. The fraction of sp³-hybridized carbons (Fsp3) is 0.267. The summed E-state index contributed by atoms with van der Waals surface area (Å²) < 4.78 is 5.10. The number of benzene rings is 1. The van der Waals surface area contributed by atoms with Gasteiger partial charge >= 0.3 is 0 Å². The van der Waals surface area contributed by atoms with Crippen LogP contribution in [-0.4, -0.2) is 25.0 Å². The van der Waals surface area contributed by atoms with E-state index in [1.54, 1.807) is 23.3 Å². The van der Waals surface area contributed by atoms with E-state index in [0.29, 0.717) is 13.0 Å². The molecule has 0 radical (unpaired) electrons. The molecule has 2 aromatic rings. The van der Waals surface area contributed by atoms with E-state index in [2.05, 4.69) is 0 Å². The minimum Gasteiger partial charge on any atom is -0.497 e. The average molecular weight is 275 g/mol. The van der Waals surface area contributed by atoms with E-state index in [4.69, 9.17) is 4.74 Å². The van der Waals surface area contributed by atoms with E-state index in [1.807, 2.05) is 48.8 Å². The van der Waals surface area contributed by atoms with Crippen LogP contribution in [-0.2, 0) is 17.8 Å². The topological polar surface area (TPSA) is 29.5 Å². The molecule has 1 aromatic heterocycles. The Hall–Kier alpha value is -1.81. The first-order chi connectivity index (χ1) is 9.19. The molecule has 4 heteroatoms. The molecule has 2 rings (SSSR count). The molecule has 3 nitrogen and oxygen atoms in total. The Morgan fingerprint density at radius 3 is 2.58 bits per heavy atom. The molecule has 1 amide bonds.